The van der Waals surface area contributed by atoms with Gasteiger partial charge >= 0.3 is 4.87 Å². The number of rotatable bonds is 6. The normalized spacial score (nSPS) is 13.3. The Bertz CT molecular complexity index is 856. The van der Waals surface area contributed by atoms with E-state index in [1.54, 1.807) is 9.95 Å². The van der Waals surface area contributed by atoms with E-state index in [4.69, 9.17) is 0 Å². The minimum absolute atomic E-state index is 0.0300. The van der Waals surface area contributed by atoms with E-state index in [9.17, 15) is 14.4 Å². The Balaban J connectivity index is 1.45. The van der Waals surface area contributed by atoms with Gasteiger partial charge in [-0.1, -0.05) is 29.5 Å². The van der Waals surface area contributed by atoms with E-state index in [0.29, 0.717) is 13.1 Å². The van der Waals surface area contributed by atoms with Gasteiger partial charge in [-0.3, -0.25) is 14.4 Å². The van der Waals surface area contributed by atoms with Crippen molar-refractivity contribution in [2.24, 2.45) is 0 Å². The minimum atomic E-state index is -0.144. The molecule has 138 valence electrons. The molecule has 2 heterocycles. The molecule has 0 unspecified atom stereocenters. The Hall–Kier alpha value is -2.41. The van der Waals surface area contributed by atoms with Crippen molar-refractivity contribution in [2.45, 2.75) is 39.2 Å². The zero-order chi connectivity index (χ0) is 18.5. The highest BCUT2D eigenvalue weighted by atomic mass is 32.1. The van der Waals surface area contributed by atoms with Crippen LogP contribution in [0.25, 0.3) is 0 Å². The molecular formula is C19H23N3O3S. The minimum Gasteiger partial charge on any atom is -0.356 e. The molecule has 0 saturated carbocycles. The molecule has 0 radical (unpaired) electrons. The summed E-state index contributed by atoms with van der Waals surface area (Å²) in [5, 5.41) is 4.57. The fraction of sp³-hybridized carbons (Fsp3) is 0.421. The first-order valence-corrected chi connectivity index (χ1v) is 9.74. The average molecular weight is 373 g/mol. The molecule has 0 aliphatic carbocycles. The zero-order valence-corrected chi connectivity index (χ0v) is 15.7. The first-order chi connectivity index (χ1) is 12.6. The Labute approximate surface area is 156 Å². The van der Waals surface area contributed by atoms with Crippen LogP contribution in [0.4, 0.5) is 5.69 Å². The molecule has 1 aliphatic rings. The molecule has 0 bridgehead atoms. The van der Waals surface area contributed by atoms with Gasteiger partial charge in [0.1, 0.15) is 0 Å². The monoisotopic (exact) mass is 373 g/mol. The quantitative estimate of drug-likeness (QED) is 0.843. The van der Waals surface area contributed by atoms with Crippen molar-refractivity contribution in [1.82, 2.24) is 9.88 Å². The van der Waals surface area contributed by atoms with Gasteiger partial charge in [-0.05, 0) is 31.4 Å². The molecule has 0 fully saturated rings. The van der Waals surface area contributed by atoms with Gasteiger partial charge < -0.3 is 14.8 Å². The van der Waals surface area contributed by atoms with Crippen LogP contribution in [0.1, 0.15) is 30.5 Å². The lowest BCUT2D eigenvalue weighted by molar-refractivity contribution is -0.121. The van der Waals surface area contributed by atoms with Gasteiger partial charge in [0.2, 0.25) is 11.8 Å². The number of nitrogens with one attached hydrogen (secondary N) is 1. The SMILES string of the molecule is Cc1csc(=O)n1CCC(=O)NCCC(=O)N1CCCc2ccccc21. The van der Waals surface area contributed by atoms with Crippen LogP contribution in [0.5, 0.6) is 0 Å². The molecule has 1 aromatic heterocycles. The number of carbonyl (C=O) groups is 2. The number of para-hydroxylation sites is 1. The second-order valence-electron chi connectivity index (χ2n) is 6.42. The molecule has 0 spiro atoms. The smallest absolute Gasteiger partial charge is 0.307 e. The average Bonchev–Trinajstić information content (AvgIpc) is 2.97. The van der Waals surface area contributed by atoms with E-state index in [0.717, 1.165) is 42.1 Å². The summed E-state index contributed by atoms with van der Waals surface area (Å²) >= 11 is 1.14. The largest absolute Gasteiger partial charge is 0.356 e. The summed E-state index contributed by atoms with van der Waals surface area (Å²) in [6.07, 6.45) is 2.47. The Morgan fingerprint density at radius 2 is 2.04 bits per heavy atom. The van der Waals surface area contributed by atoms with E-state index < -0.39 is 0 Å². The second kappa shape index (κ2) is 8.31. The Morgan fingerprint density at radius 1 is 1.23 bits per heavy atom. The van der Waals surface area contributed by atoms with Crippen molar-refractivity contribution < 1.29 is 9.59 Å². The third-order valence-electron chi connectivity index (χ3n) is 4.61. The number of amides is 2. The van der Waals surface area contributed by atoms with Gasteiger partial charge in [-0.15, -0.1) is 0 Å². The fourth-order valence-corrected chi connectivity index (χ4v) is 3.97. The van der Waals surface area contributed by atoms with E-state index in [2.05, 4.69) is 11.4 Å². The van der Waals surface area contributed by atoms with Gasteiger partial charge in [-0.25, -0.2) is 0 Å². The highest BCUT2D eigenvalue weighted by Gasteiger charge is 2.21. The number of nitrogens with zero attached hydrogens (tertiary/aromatic N) is 2. The first kappa shape index (κ1) is 18.4. The predicted molar refractivity (Wildman–Crippen MR) is 103 cm³/mol. The molecule has 0 saturated heterocycles. The maximum atomic E-state index is 12.5. The molecule has 3 rings (SSSR count). The molecule has 26 heavy (non-hydrogen) atoms. The van der Waals surface area contributed by atoms with Gasteiger partial charge in [0.15, 0.2) is 0 Å². The molecule has 1 N–H and O–H groups in total. The molecule has 7 heteroatoms. The van der Waals surface area contributed by atoms with Gasteiger partial charge in [0, 0.05) is 49.2 Å². The maximum Gasteiger partial charge on any atom is 0.307 e. The van der Waals surface area contributed by atoms with Crippen LogP contribution < -0.4 is 15.1 Å². The molecule has 0 atom stereocenters. The number of benzene rings is 1. The number of hydrogen-bond acceptors (Lipinski definition) is 4. The van der Waals surface area contributed by atoms with Crippen molar-refractivity contribution in [3.8, 4) is 0 Å². The van der Waals surface area contributed by atoms with Crippen LogP contribution in [0, 0.1) is 6.92 Å². The Kier molecular flexibility index (Phi) is 5.88. The molecule has 6 nitrogen and oxygen atoms in total. The lowest BCUT2D eigenvalue weighted by Crippen LogP contribution is -2.38. The summed E-state index contributed by atoms with van der Waals surface area (Å²) in [5.41, 5.74) is 3.06. The van der Waals surface area contributed by atoms with Crippen LogP contribution in [0.15, 0.2) is 34.4 Å². The lowest BCUT2D eigenvalue weighted by atomic mass is 10.0. The van der Waals surface area contributed by atoms with Crippen LogP contribution in [-0.2, 0) is 22.6 Å². The summed E-state index contributed by atoms with van der Waals surface area (Å²) in [7, 11) is 0. The number of thiazole rings is 1. The highest BCUT2D eigenvalue weighted by Crippen LogP contribution is 2.26. The lowest BCUT2D eigenvalue weighted by Gasteiger charge is -2.29. The summed E-state index contributed by atoms with van der Waals surface area (Å²) < 4.78 is 1.60. The van der Waals surface area contributed by atoms with Crippen LogP contribution in [0.2, 0.25) is 0 Å². The standard InChI is InChI=1S/C19H23N3O3S/c1-14-13-26-19(25)21(14)12-9-17(23)20-10-8-18(24)22-11-4-6-15-5-2-3-7-16(15)22/h2-3,5,7,13H,4,6,8-12H2,1H3,(H,20,23). The van der Waals surface area contributed by atoms with Crippen LogP contribution in [0.3, 0.4) is 0 Å². The van der Waals surface area contributed by atoms with Crippen molar-refractivity contribution in [3.63, 3.8) is 0 Å². The fourth-order valence-electron chi connectivity index (χ4n) is 3.21. The molecule has 2 aromatic rings. The second-order valence-corrected chi connectivity index (χ2v) is 7.24. The summed E-state index contributed by atoms with van der Waals surface area (Å²) in [6.45, 7) is 3.26. The molecular weight excluding hydrogens is 350 g/mol. The number of fused-ring (bicyclic) bond motifs is 1. The summed E-state index contributed by atoms with van der Waals surface area (Å²) in [5.74, 6) is -0.114. The van der Waals surface area contributed by atoms with E-state index in [1.165, 1.54) is 5.56 Å². The number of hydrogen-bond donors (Lipinski definition) is 1. The van der Waals surface area contributed by atoms with E-state index in [-0.39, 0.29) is 29.5 Å². The maximum absolute atomic E-state index is 12.5. The van der Waals surface area contributed by atoms with Gasteiger partial charge in [-0.2, -0.15) is 0 Å². The number of aryl methyl sites for hydroxylation is 2. The third-order valence-corrected chi connectivity index (χ3v) is 5.49. The Morgan fingerprint density at radius 3 is 2.81 bits per heavy atom. The van der Waals surface area contributed by atoms with E-state index in [1.807, 2.05) is 30.0 Å². The van der Waals surface area contributed by atoms with Crippen molar-refractivity contribution >= 4 is 28.8 Å². The molecule has 2 amide bonds. The number of anilines is 1. The third kappa shape index (κ3) is 4.22. The number of aromatic nitrogens is 1. The van der Waals surface area contributed by atoms with Crippen molar-refractivity contribution in [3.05, 3.63) is 50.6 Å². The molecule has 1 aliphatic heterocycles. The van der Waals surface area contributed by atoms with Gasteiger partial charge in [0.25, 0.3) is 0 Å². The topological polar surface area (TPSA) is 71.4 Å². The summed E-state index contributed by atoms with van der Waals surface area (Å²) in [4.78, 5) is 37.9. The zero-order valence-electron chi connectivity index (χ0n) is 14.9. The van der Waals surface area contributed by atoms with E-state index >= 15 is 0 Å². The van der Waals surface area contributed by atoms with Crippen molar-refractivity contribution in [1.29, 1.82) is 0 Å². The van der Waals surface area contributed by atoms with Gasteiger partial charge in [0.05, 0.1) is 0 Å². The predicted octanol–water partition coefficient (Wildman–Crippen LogP) is 2.09. The number of carbonyl (C=O) groups excluding carboxylic acids is 2. The van der Waals surface area contributed by atoms with Crippen LogP contribution >= 0.6 is 11.3 Å². The highest BCUT2D eigenvalue weighted by molar-refractivity contribution is 7.07. The van der Waals surface area contributed by atoms with Crippen molar-refractivity contribution in [2.75, 3.05) is 18.0 Å². The van der Waals surface area contributed by atoms with Crippen LogP contribution in [-0.4, -0.2) is 29.5 Å². The first-order valence-electron chi connectivity index (χ1n) is 8.86. The molecule has 1 aromatic carbocycles. The summed E-state index contributed by atoms with van der Waals surface area (Å²) in [6, 6.07) is 7.98.